The van der Waals surface area contributed by atoms with E-state index in [-0.39, 0.29) is 11.2 Å². The maximum Gasteiger partial charge on any atom is 0.146 e. The van der Waals surface area contributed by atoms with Crippen molar-refractivity contribution in [2.24, 2.45) is 5.41 Å². The predicted octanol–water partition coefficient (Wildman–Crippen LogP) is 4.74. The molecule has 0 bridgehead atoms. The number of ether oxygens (including phenoxy) is 1. The molecule has 2 unspecified atom stereocenters. The first kappa shape index (κ1) is 14.3. The van der Waals surface area contributed by atoms with E-state index in [1.54, 1.807) is 6.07 Å². The van der Waals surface area contributed by atoms with Gasteiger partial charge in [0.05, 0.1) is 11.8 Å². The van der Waals surface area contributed by atoms with E-state index in [0.29, 0.717) is 17.8 Å². The van der Waals surface area contributed by atoms with Crippen LogP contribution in [0.1, 0.15) is 39.0 Å². The Balaban J connectivity index is 1.76. The molecule has 1 spiro atoms. The summed E-state index contributed by atoms with van der Waals surface area (Å²) < 4.78 is 20.7. The van der Waals surface area contributed by atoms with Gasteiger partial charge in [0, 0.05) is 22.5 Å². The first-order valence-corrected chi connectivity index (χ1v) is 8.28. The maximum atomic E-state index is 13.9. The van der Waals surface area contributed by atoms with Crippen molar-refractivity contribution in [2.45, 2.75) is 51.2 Å². The topological polar surface area (TPSA) is 21.3 Å². The Morgan fingerprint density at radius 2 is 2.15 bits per heavy atom. The normalized spacial score (nSPS) is 27.6. The monoisotopic (exact) mass is 341 g/mol. The first-order chi connectivity index (χ1) is 9.65. The second-order valence-electron chi connectivity index (χ2n) is 5.94. The minimum atomic E-state index is -0.179. The quantitative estimate of drug-likeness (QED) is 0.854. The molecule has 2 fully saturated rings. The molecule has 3 rings (SSSR count). The van der Waals surface area contributed by atoms with Gasteiger partial charge in [-0.3, -0.25) is 0 Å². The summed E-state index contributed by atoms with van der Waals surface area (Å²) >= 11 is 3.41. The number of nitrogens with one attached hydrogen (secondary N) is 1. The van der Waals surface area contributed by atoms with Gasteiger partial charge in [-0.1, -0.05) is 28.8 Å². The molecule has 4 heteroatoms. The Morgan fingerprint density at radius 1 is 1.40 bits per heavy atom. The summed E-state index contributed by atoms with van der Waals surface area (Å²) in [5, 5.41) is 3.42. The first-order valence-electron chi connectivity index (χ1n) is 7.49. The number of halogens is 2. The smallest absolute Gasteiger partial charge is 0.146 e. The second kappa shape index (κ2) is 5.64. The van der Waals surface area contributed by atoms with Crippen molar-refractivity contribution in [2.75, 3.05) is 11.9 Å². The largest absolute Gasteiger partial charge is 0.379 e. The molecular weight excluding hydrogens is 321 g/mol. The summed E-state index contributed by atoms with van der Waals surface area (Å²) in [6, 6.07) is 5.40. The molecule has 0 radical (unpaired) electrons. The molecule has 2 nitrogen and oxygen atoms in total. The van der Waals surface area contributed by atoms with Crippen molar-refractivity contribution in [1.29, 1.82) is 0 Å². The van der Waals surface area contributed by atoms with Gasteiger partial charge in [0.1, 0.15) is 5.82 Å². The molecule has 110 valence electrons. The van der Waals surface area contributed by atoms with Crippen molar-refractivity contribution >= 4 is 21.6 Å². The number of anilines is 1. The predicted molar refractivity (Wildman–Crippen MR) is 82.4 cm³/mol. The Hall–Kier alpha value is -0.610. The Kier molecular flexibility index (Phi) is 4.04. The SMILES string of the molecule is CCOC1CC(Nc2cc(Br)ccc2F)C12CCCC2. The number of hydrogen-bond donors (Lipinski definition) is 1. The van der Waals surface area contributed by atoms with Crippen molar-refractivity contribution in [3.63, 3.8) is 0 Å². The summed E-state index contributed by atoms with van der Waals surface area (Å²) in [7, 11) is 0. The van der Waals surface area contributed by atoms with E-state index in [9.17, 15) is 4.39 Å². The third kappa shape index (κ3) is 2.37. The summed E-state index contributed by atoms with van der Waals surface area (Å²) in [5.41, 5.74) is 0.829. The zero-order chi connectivity index (χ0) is 14.2. The fraction of sp³-hybridized carbons (Fsp3) is 0.625. The minimum absolute atomic E-state index is 0.179. The lowest BCUT2D eigenvalue weighted by Gasteiger charge is -2.54. The summed E-state index contributed by atoms with van der Waals surface area (Å²) in [5.74, 6) is -0.179. The summed E-state index contributed by atoms with van der Waals surface area (Å²) in [6.45, 7) is 2.82. The van der Waals surface area contributed by atoms with Crippen LogP contribution in [0.2, 0.25) is 0 Å². The van der Waals surface area contributed by atoms with Gasteiger partial charge in [0.2, 0.25) is 0 Å². The van der Waals surface area contributed by atoms with Gasteiger partial charge in [-0.15, -0.1) is 0 Å². The average Bonchev–Trinajstić information content (AvgIpc) is 2.94. The molecule has 0 aromatic heterocycles. The van der Waals surface area contributed by atoms with Crippen LogP contribution in [-0.4, -0.2) is 18.8 Å². The standard InChI is InChI=1S/C16H21BrFNO/c1-2-20-15-10-14(16(15)7-3-4-8-16)19-13-9-11(17)5-6-12(13)18/h5-6,9,14-15,19H,2-4,7-8,10H2,1H3. The van der Waals surface area contributed by atoms with Gasteiger partial charge in [0.25, 0.3) is 0 Å². The van der Waals surface area contributed by atoms with Crippen LogP contribution in [0.15, 0.2) is 22.7 Å². The molecule has 0 amide bonds. The molecule has 20 heavy (non-hydrogen) atoms. The lowest BCUT2D eigenvalue weighted by atomic mass is 9.60. The van der Waals surface area contributed by atoms with E-state index in [1.165, 1.54) is 31.7 Å². The van der Waals surface area contributed by atoms with Crippen molar-refractivity contribution in [1.82, 2.24) is 0 Å². The van der Waals surface area contributed by atoms with Gasteiger partial charge in [-0.05, 0) is 44.4 Å². The summed E-state index contributed by atoms with van der Waals surface area (Å²) in [4.78, 5) is 0. The zero-order valence-electron chi connectivity index (χ0n) is 11.8. The van der Waals surface area contributed by atoms with Crippen LogP contribution < -0.4 is 5.32 Å². The highest BCUT2D eigenvalue weighted by atomic mass is 79.9. The third-order valence-electron chi connectivity index (χ3n) is 4.95. The van der Waals surface area contributed by atoms with Crippen LogP contribution in [0.4, 0.5) is 10.1 Å². The molecule has 2 aliphatic carbocycles. The Morgan fingerprint density at radius 3 is 2.85 bits per heavy atom. The molecule has 2 saturated carbocycles. The third-order valence-corrected chi connectivity index (χ3v) is 5.44. The highest BCUT2D eigenvalue weighted by molar-refractivity contribution is 9.10. The van der Waals surface area contributed by atoms with Gasteiger partial charge in [0.15, 0.2) is 0 Å². The van der Waals surface area contributed by atoms with Crippen LogP contribution >= 0.6 is 15.9 Å². The average molecular weight is 342 g/mol. The number of rotatable bonds is 4. The molecule has 0 saturated heterocycles. The van der Waals surface area contributed by atoms with Crippen LogP contribution in [0.5, 0.6) is 0 Å². The van der Waals surface area contributed by atoms with Crippen LogP contribution in [0.3, 0.4) is 0 Å². The van der Waals surface area contributed by atoms with E-state index in [2.05, 4.69) is 28.2 Å². The van der Waals surface area contributed by atoms with Crippen molar-refractivity contribution < 1.29 is 9.13 Å². The molecule has 2 atom stereocenters. The van der Waals surface area contributed by atoms with Gasteiger partial charge >= 0.3 is 0 Å². The molecule has 1 N–H and O–H groups in total. The van der Waals surface area contributed by atoms with E-state index in [4.69, 9.17) is 4.74 Å². The van der Waals surface area contributed by atoms with Crippen molar-refractivity contribution in [3.8, 4) is 0 Å². The Labute approximate surface area is 128 Å². The van der Waals surface area contributed by atoms with Crippen LogP contribution in [0.25, 0.3) is 0 Å². The van der Waals surface area contributed by atoms with Gasteiger partial charge in [-0.25, -0.2) is 4.39 Å². The lowest BCUT2D eigenvalue weighted by molar-refractivity contribution is -0.114. The fourth-order valence-corrected chi connectivity index (χ4v) is 4.25. The highest BCUT2D eigenvalue weighted by Gasteiger charge is 2.56. The molecule has 1 aromatic carbocycles. The fourth-order valence-electron chi connectivity index (χ4n) is 3.88. The van der Waals surface area contributed by atoms with E-state index in [1.807, 2.05) is 6.07 Å². The highest BCUT2D eigenvalue weighted by Crippen LogP contribution is 2.55. The minimum Gasteiger partial charge on any atom is -0.379 e. The lowest BCUT2D eigenvalue weighted by Crippen LogP contribution is -2.60. The van der Waals surface area contributed by atoms with E-state index >= 15 is 0 Å². The maximum absolute atomic E-state index is 13.9. The van der Waals surface area contributed by atoms with Gasteiger partial charge in [-0.2, -0.15) is 0 Å². The summed E-state index contributed by atoms with van der Waals surface area (Å²) in [6.07, 6.45) is 6.27. The van der Waals surface area contributed by atoms with Crippen LogP contribution in [0, 0.1) is 11.2 Å². The zero-order valence-corrected chi connectivity index (χ0v) is 13.4. The number of benzene rings is 1. The molecule has 1 aromatic rings. The van der Waals surface area contributed by atoms with E-state index in [0.717, 1.165) is 17.5 Å². The molecule has 2 aliphatic rings. The van der Waals surface area contributed by atoms with Crippen LogP contribution in [-0.2, 0) is 4.74 Å². The molecule has 0 heterocycles. The molecule has 0 aliphatic heterocycles. The second-order valence-corrected chi connectivity index (χ2v) is 6.86. The Bertz CT molecular complexity index is 487. The number of hydrogen-bond acceptors (Lipinski definition) is 2. The van der Waals surface area contributed by atoms with Gasteiger partial charge < -0.3 is 10.1 Å². The molecular formula is C16H21BrFNO. The van der Waals surface area contributed by atoms with E-state index < -0.39 is 0 Å². The van der Waals surface area contributed by atoms with Crippen molar-refractivity contribution in [3.05, 3.63) is 28.5 Å².